The van der Waals surface area contributed by atoms with E-state index < -0.39 is 5.97 Å². The molecule has 0 unspecified atom stereocenters. The summed E-state index contributed by atoms with van der Waals surface area (Å²) < 4.78 is 0. The molecule has 1 fully saturated rings. The van der Waals surface area contributed by atoms with E-state index in [1.807, 2.05) is 0 Å². The maximum Gasteiger partial charge on any atom is 0.303 e. The zero-order valence-corrected chi connectivity index (χ0v) is 20.5. The van der Waals surface area contributed by atoms with Gasteiger partial charge < -0.3 is 5.11 Å². The average molecular weight is 462 g/mol. The van der Waals surface area contributed by atoms with Crippen LogP contribution in [-0.2, 0) is 4.79 Å². The zero-order valence-electron chi connectivity index (χ0n) is 18.9. The van der Waals surface area contributed by atoms with E-state index in [4.69, 9.17) is 5.11 Å². The Balaban J connectivity index is 0.000000576. The molecule has 1 rings (SSSR count). The van der Waals surface area contributed by atoms with Crippen molar-refractivity contribution in [1.82, 2.24) is 0 Å². The number of alkyl halides is 1. The molecule has 0 aromatic heterocycles. The van der Waals surface area contributed by atoms with Gasteiger partial charge in [-0.05, 0) is 18.8 Å². The van der Waals surface area contributed by atoms with E-state index in [1.54, 1.807) is 0 Å². The molecular weight excluding hydrogens is 412 g/mol. The van der Waals surface area contributed by atoms with Crippen LogP contribution in [0.3, 0.4) is 0 Å². The molecule has 0 amide bonds. The van der Waals surface area contributed by atoms with Crippen LogP contribution in [0.5, 0.6) is 0 Å². The number of hydrogen-bond donors (Lipinski definition) is 1. The summed E-state index contributed by atoms with van der Waals surface area (Å²) in [5.74, 6) is 0.407. The number of halogens is 1. The molecule has 1 aliphatic carbocycles. The van der Waals surface area contributed by atoms with Crippen LogP contribution < -0.4 is 0 Å². The maximum absolute atomic E-state index is 10.1. The fraction of sp³-hybridized carbons (Fsp3) is 0.960. The summed E-state index contributed by atoms with van der Waals surface area (Å²) in [6.07, 6.45) is 28.2. The van der Waals surface area contributed by atoms with Crippen LogP contribution in [0.1, 0.15) is 142 Å². The monoisotopic (exact) mass is 460 g/mol. The molecule has 2 nitrogen and oxygen atoms in total. The number of aliphatic carboxylic acids is 1. The quantitative estimate of drug-likeness (QED) is 0.207. The number of carboxylic acid groups (broad SMARTS) is 1. The molecule has 0 bridgehead atoms. The smallest absolute Gasteiger partial charge is 0.303 e. The Hall–Kier alpha value is -0.0500. The Morgan fingerprint density at radius 3 is 1.82 bits per heavy atom. The van der Waals surface area contributed by atoms with E-state index in [1.165, 1.54) is 116 Å². The number of carbonyl (C=O) groups is 1. The largest absolute Gasteiger partial charge is 0.481 e. The Morgan fingerprint density at radius 1 is 0.750 bits per heavy atom. The van der Waals surface area contributed by atoms with Crippen LogP contribution in [-0.4, -0.2) is 16.4 Å². The highest BCUT2D eigenvalue weighted by molar-refractivity contribution is 9.09. The standard InChI is InChI=1S/C17H34.C8H15BrO2/c1-2-3-4-5-8-11-14-17-15-12-9-6-7-10-13-16-17;9-7-5-3-1-2-4-6-8(10)11/h17H,2-16H2,1H3;1-7H2,(H,10,11). The van der Waals surface area contributed by atoms with E-state index in [-0.39, 0.29) is 0 Å². The van der Waals surface area contributed by atoms with Crippen molar-refractivity contribution in [3.8, 4) is 0 Å². The fourth-order valence-electron chi connectivity index (χ4n) is 4.12. The first-order valence-corrected chi connectivity index (χ1v) is 13.6. The molecular formula is C25H49BrO2. The molecule has 1 N–H and O–H groups in total. The lowest BCUT2D eigenvalue weighted by Crippen LogP contribution is -2.00. The third kappa shape index (κ3) is 22.2. The van der Waals surface area contributed by atoms with Gasteiger partial charge in [-0.15, -0.1) is 0 Å². The minimum atomic E-state index is -0.675. The molecule has 0 saturated heterocycles. The molecule has 1 aliphatic rings. The van der Waals surface area contributed by atoms with Gasteiger partial charge in [-0.3, -0.25) is 4.79 Å². The van der Waals surface area contributed by atoms with Crippen molar-refractivity contribution in [1.29, 1.82) is 0 Å². The lowest BCUT2D eigenvalue weighted by molar-refractivity contribution is -0.137. The van der Waals surface area contributed by atoms with E-state index in [0.29, 0.717) is 6.42 Å². The molecule has 0 aromatic carbocycles. The Labute approximate surface area is 184 Å². The van der Waals surface area contributed by atoms with Crippen molar-refractivity contribution in [2.24, 2.45) is 5.92 Å². The van der Waals surface area contributed by atoms with Crippen molar-refractivity contribution < 1.29 is 9.90 Å². The topological polar surface area (TPSA) is 37.3 Å². The van der Waals surface area contributed by atoms with E-state index >= 15 is 0 Å². The van der Waals surface area contributed by atoms with Crippen molar-refractivity contribution in [3.63, 3.8) is 0 Å². The van der Waals surface area contributed by atoms with Gasteiger partial charge in [0.1, 0.15) is 0 Å². The summed E-state index contributed by atoms with van der Waals surface area (Å²) in [5.41, 5.74) is 0. The van der Waals surface area contributed by atoms with Crippen LogP contribution >= 0.6 is 15.9 Å². The molecule has 0 atom stereocenters. The van der Waals surface area contributed by atoms with E-state index in [2.05, 4.69) is 22.9 Å². The normalized spacial score (nSPS) is 15.8. The number of carboxylic acids is 1. The Bertz CT molecular complexity index is 310. The maximum atomic E-state index is 10.1. The van der Waals surface area contributed by atoms with Gasteiger partial charge in [0.2, 0.25) is 0 Å². The first-order chi connectivity index (χ1) is 13.7. The van der Waals surface area contributed by atoms with Crippen molar-refractivity contribution in [2.75, 3.05) is 5.33 Å². The van der Waals surface area contributed by atoms with Crippen LogP contribution in [0.25, 0.3) is 0 Å². The van der Waals surface area contributed by atoms with Crippen molar-refractivity contribution >= 4 is 21.9 Å². The summed E-state index contributed by atoms with van der Waals surface area (Å²) in [6, 6.07) is 0. The molecule has 0 aliphatic heterocycles. The SMILES string of the molecule is CCCCCCCCC1CCCCCCCC1.O=C(O)CCCCCCCBr. The zero-order chi connectivity index (χ0) is 20.7. The highest BCUT2D eigenvalue weighted by Crippen LogP contribution is 2.26. The molecule has 3 heteroatoms. The molecule has 0 aromatic rings. The van der Waals surface area contributed by atoms with E-state index in [0.717, 1.165) is 24.1 Å². The van der Waals surface area contributed by atoms with Gasteiger partial charge in [0.25, 0.3) is 0 Å². The average Bonchev–Trinajstić information content (AvgIpc) is 2.81. The van der Waals surface area contributed by atoms with Gasteiger partial charge in [0.15, 0.2) is 0 Å². The van der Waals surface area contributed by atoms with Crippen LogP contribution in [0.4, 0.5) is 0 Å². The summed E-state index contributed by atoms with van der Waals surface area (Å²) in [7, 11) is 0. The molecule has 0 heterocycles. The second-order valence-electron chi connectivity index (χ2n) is 8.72. The van der Waals surface area contributed by atoms with Gasteiger partial charge in [-0.1, -0.05) is 138 Å². The minimum Gasteiger partial charge on any atom is -0.481 e. The highest BCUT2D eigenvalue weighted by Gasteiger charge is 2.10. The van der Waals surface area contributed by atoms with Crippen LogP contribution in [0.15, 0.2) is 0 Å². The van der Waals surface area contributed by atoms with Gasteiger partial charge in [0.05, 0.1) is 0 Å². The highest BCUT2D eigenvalue weighted by atomic mass is 79.9. The van der Waals surface area contributed by atoms with Crippen molar-refractivity contribution in [3.05, 3.63) is 0 Å². The third-order valence-corrected chi connectivity index (χ3v) is 6.53. The Morgan fingerprint density at radius 2 is 1.25 bits per heavy atom. The molecule has 1 saturated carbocycles. The first kappa shape index (κ1) is 27.9. The summed E-state index contributed by atoms with van der Waals surface area (Å²) in [4.78, 5) is 10.1. The minimum absolute atomic E-state index is 0.328. The van der Waals surface area contributed by atoms with Gasteiger partial charge in [-0.2, -0.15) is 0 Å². The number of rotatable bonds is 14. The molecule has 0 spiro atoms. The van der Waals surface area contributed by atoms with E-state index in [9.17, 15) is 4.79 Å². The number of hydrogen-bond acceptors (Lipinski definition) is 1. The molecule has 0 radical (unpaired) electrons. The predicted octanol–water partition coefficient (Wildman–Crippen LogP) is 9.29. The molecule has 28 heavy (non-hydrogen) atoms. The second kappa shape index (κ2) is 23.2. The predicted molar refractivity (Wildman–Crippen MR) is 128 cm³/mol. The lowest BCUT2D eigenvalue weighted by Gasteiger charge is -2.15. The van der Waals surface area contributed by atoms with Gasteiger partial charge in [0, 0.05) is 11.8 Å². The first-order valence-electron chi connectivity index (χ1n) is 12.5. The van der Waals surface area contributed by atoms with Gasteiger partial charge >= 0.3 is 5.97 Å². The van der Waals surface area contributed by atoms with Crippen molar-refractivity contribution in [2.45, 2.75) is 142 Å². The molecule has 168 valence electrons. The van der Waals surface area contributed by atoms with Gasteiger partial charge in [-0.25, -0.2) is 0 Å². The third-order valence-electron chi connectivity index (χ3n) is 5.96. The summed E-state index contributed by atoms with van der Waals surface area (Å²) in [6.45, 7) is 2.30. The van der Waals surface area contributed by atoms with Crippen LogP contribution in [0.2, 0.25) is 0 Å². The lowest BCUT2D eigenvalue weighted by atomic mass is 9.91. The number of unbranched alkanes of at least 4 members (excludes halogenated alkanes) is 9. The summed E-state index contributed by atoms with van der Waals surface area (Å²) in [5, 5.41) is 9.37. The van der Waals surface area contributed by atoms with Crippen LogP contribution in [0, 0.1) is 5.92 Å². The summed E-state index contributed by atoms with van der Waals surface area (Å²) >= 11 is 3.35. The second-order valence-corrected chi connectivity index (χ2v) is 9.51. The fourth-order valence-corrected chi connectivity index (χ4v) is 4.52. The Kier molecular flexibility index (Phi) is 23.2.